The van der Waals surface area contributed by atoms with Crippen molar-refractivity contribution in [3.63, 3.8) is 0 Å². The van der Waals surface area contributed by atoms with E-state index >= 15 is 0 Å². The Labute approximate surface area is 121 Å². The summed E-state index contributed by atoms with van der Waals surface area (Å²) in [4.78, 5) is 24.2. The molecule has 1 fully saturated rings. The number of imide groups is 1. The van der Waals surface area contributed by atoms with Gasteiger partial charge in [0.15, 0.2) is 0 Å². The number of benzene rings is 1. The Hall–Kier alpha value is -1.44. The predicted octanol–water partition coefficient (Wildman–Crippen LogP) is 0.767. The number of carbonyl (C=O) groups excluding carboxylic acids is 2. The van der Waals surface area contributed by atoms with Gasteiger partial charge in [0.2, 0.25) is 21.8 Å². The van der Waals surface area contributed by atoms with Crippen LogP contribution in [0.3, 0.4) is 0 Å². The number of likely N-dealkylation sites (tertiary alicyclic amines) is 1. The van der Waals surface area contributed by atoms with Crippen LogP contribution in [-0.4, -0.2) is 38.2 Å². The number of rotatable bonds is 4. The second-order valence-electron chi connectivity index (χ2n) is 4.32. The van der Waals surface area contributed by atoms with Crippen molar-refractivity contribution in [1.29, 1.82) is 0 Å². The van der Waals surface area contributed by atoms with E-state index in [1.54, 1.807) is 0 Å². The first kappa shape index (κ1) is 15.0. The average Bonchev–Trinajstić information content (AvgIpc) is 2.83. The molecule has 1 N–H and O–H groups in total. The lowest BCUT2D eigenvalue weighted by Gasteiger charge is -2.14. The first-order valence-electron chi connectivity index (χ1n) is 5.98. The maximum Gasteiger partial charge on any atom is 0.244 e. The zero-order valence-corrected chi connectivity index (χ0v) is 12.1. The highest BCUT2D eigenvalue weighted by molar-refractivity contribution is 7.89. The Morgan fingerprint density at radius 2 is 1.95 bits per heavy atom. The van der Waals surface area contributed by atoms with Crippen molar-refractivity contribution in [1.82, 2.24) is 9.62 Å². The van der Waals surface area contributed by atoms with Gasteiger partial charge >= 0.3 is 0 Å². The highest BCUT2D eigenvalue weighted by Crippen LogP contribution is 2.14. The van der Waals surface area contributed by atoms with Crippen molar-refractivity contribution in [2.45, 2.75) is 17.7 Å². The van der Waals surface area contributed by atoms with Crippen LogP contribution in [0.1, 0.15) is 12.8 Å². The van der Waals surface area contributed by atoms with Gasteiger partial charge in [-0.05, 0) is 30.7 Å². The lowest BCUT2D eigenvalue weighted by atomic mass is 10.4. The topological polar surface area (TPSA) is 83.6 Å². The summed E-state index contributed by atoms with van der Waals surface area (Å²) in [5.41, 5.74) is 0. The van der Waals surface area contributed by atoms with Gasteiger partial charge in [-0.3, -0.25) is 14.5 Å². The van der Waals surface area contributed by atoms with Crippen LogP contribution < -0.4 is 4.72 Å². The quantitative estimate of drug-likeness (QED) is 0.889. The van der Waals surface area contributed by atoms with Crippen molar-refractivity contribution in [3.8, 4) is 0 Å². The summed E-state index contributed by atoms with van der Waals surface area (Å²) in [7, 11) is -3.79. The fourth-order valence-corrected chi connectivity index (χ4v) is 2.96. The molecule has 0 saturated carbocycles. The molecule has 0 aromatic heterocycles. The van der Waals surface area contributed by atoms with Crippen LogP contribution in [0.5, 0.6) is 0 Å². The molecule has 1 aromatic carbocycles. The molecule has 6 nitrogen and oxygen atoms in total. The molecule has 1 saturated heterocycles. The third kappa shape index (κ3) is 3.36. The van der Waals surface area contributed by atoms with E-state index in [0.29, 0.717) is 24.4 Å². The van der Waals surface area contributed by atoms with Gasteiger partial charge in [0.1, 0.15) is 0 Å². The summed E-state index contributed by atoms with van der Waals surface area (Å²) < 4.78 is 26.0. The van der Waals surface area contributed by atoms with Gasteiger partial charge in [0, 0.05) is 18.0 Å². The second kappa shape index (κ2) is 5.90. The number of sulfonamides is 1. The third-order valence-electron chi connectivity index (χ3n) is 2.91. The van der Waals surface area contributed by atoms with E-state index in [0.717, 1.165) is 4.90 Å². The molecular weight excluding hydrogens is 304 g/mol. The van der Waals surface area contributed by atoms with E-state index in [9.17, 15) is 18.0 Å². The monoisotopic (exact) mass is 316 g/mol. The Morgan fingerprint density at radius 3 is 2.50 bits per heavy atom. The van der Waals surface area contributed by atoms with Crippen LogP contribution in [0.15, 0.2) is 29.2 Å². The van der Waals surface area contributed by atoms with E-state index in [2.05, 4.69) is 4.72 Å². The van der Waals surface area contributed by atoms with Crippen molar-refractivity contribution < 1.29 is 18.0 Å². The number of nitrogens with zero attached hydrogens (tertiary/aromatic N) is 1. The molecule has 8 heteroatoms. The molecule has 0 unspecified atom stereocenters. The fourth-order valence-electron chi connectivity index (χ4n) is 1.86. The molecular formula is C12H13ClN2O4S. The molecule has 0 radical (unpaired) electrons. The summed E-state index contributed by atoms with van der Waals surface area (Å²) in [5.74, 6) is -0.800. The number of amides is 2. The molecule has 1 aliphatic rings. The summed E-state index contributed by atoms with van der Waals surface area (Å²) in [6, 6.07) is 5.58. The number of hydrogen-bond acceptors (Lipinski definition) is 4. The summed E-state index contributed by atoms with van der Waals surface area (Å²) in [6.45, 7) is -0.0863. The molecule has 0 atom stereocenters. The van der Waals surface area contributed by atoms with Crippen LogP contribution in [0.25, 0.3) is 0 Å². The Balaban J connectivity index is 2.00. The predicted molar refractivity (Wildman–Crippen MR) is 72.6 cm³/mol. The highest BCUT2D eigenvalue weighted by atomic mass is 35.5. The molecule has 1 heterocycles. The SMILES string of the molecule is O=C1CCCN1C(=O)CNS(=O)(=O)c1ccc(Cl)cc1. The van der Waals surface area contributed by atoms with Crippen LogP contribution in [0.2, 0.25) is 5.02 Å². The minimum atomic E-state index is -3.79. The zero-order chi connectivity index (χ0) is 14.8. The van der Waals surface area contributed by atoms with Gasteiger partial charge in [-0.15, -0.1) is 0 Å². The maximum atomic E-state index is 11.9. The van der Waals surface area contributed by atoms with Crippen LogP contribution in [0.4, 0.5) is 0 Å². The lowest BCUT2D eigenvalue weighted by Crippen LogP contribution is -2.40. The summed E-state index contributed by atoms with van der Waals surface area (Å²) >= 11 is 5.68. The second-order valence-corrected chi connectivity index (χ2v) is 6.52. The molecule has 0 bridgehead atoms. The summed E-state index contributed by atoms with van der Waals surface area (Å²) in [5, 5.41) is 0.419. The van der Waals surface area contributed by atoms with Crippen molar-refractivity contribution in [2.24, 2.45) is 0 Å². The summed E-state index contributed by atoms with van der Waals surface area (Å²) in [6.07, 6.45) is 0.949. The Morgan fingerprint density at radius 1 is 1.30 bits per heavy atom. The van der Waals surface area contributed by atoms with Gasteiger partial charge in [0.25, 0.3) is 0 Å². The third-order valence-corrected chi connectivity index (χ3v) is 4.58. The molecule has 108 valence electrons. The normalized spacial score (nSPS) is 15.7. The van der Waals surface area contributed by atoms with Gasteiger partial charge in [-0.25, -0.2) is 13.1 Å². The fraction of sp³-hybridized carbons (Fsp3) is 0.333. The Kier molecular flexibility index (Phi) is 4.42. The molecule has 20 heavy (non-hydrogen) atoms. The van der Waals surface area contributed by atoms with E-state index in [1.807, 2.05) is 0 Å². The molecule has 0 spiro atoms. The Bertz CT molecular complexity index is 627. The largest absolute Gasteiger partial charge is 0.281 e. The van der Waals surface area contributed by atoms with Gasteiger partial charge in [-0.2, -0.15) is 0 Å². The number of carbonyl (C=O) groups is 2. The average molecular weight is 317 g/mol. The minimum absolute atomic E-state index is 0.0162. The molecule has 1 aliphatic heterocycles. The molecule has 0 aliphatic carbocycles. The van der Waals surface area contributed by atoms with Crippen molar-refractivity contribution in [2.75, 3.05) is 13.1 Å². The minimum Gasteiger partial charge on any atom is -0.281 e. The van der Waals surface area contributed by atoms with Crippen LogP contribution in [-0.2, 0) is 19.6 Å². The van der Waals surface area contributed by atoms with Crippen molar-refractivity contribution in [3.05, 3.63) is 29.3 Å². The van der Waals surface area contributed by atoms with Gasteiger partial charge in [0.05, 0.1) is 11.4 Å². The highest BCUT2D eigenvalue weighted by Gasteiger charge is 2.27. The number of nitrogens with one attached hydrogen (secondary N) is 1. The van der Waals surface area contributed by atoms with Gasteiger partial charge in [-0.1, -0.05) is 11.6 Å². The van der Waals surface area contributed by atoms with Gasteiger partial charge < -0.3 is 0 Å². The molecule has 2 rings (SSSR count). The molecule has 1 aromatic rings. The number of hydrogen-bond donors (Lipinski definition) is 1. The lowest BCUT2D eigenvalue weighted by molar-refractivity contribution is -0.141. The first-order chi connectivity index (χ1) is 9.40. The van der Waals surface area contributed by atoms with E-state index in [4.69, 9.17) is 11.6 Å². The van der Waals surface area contributed by atoms with Crippen molar-refractivity contribution >= 4 is 33.4 Å². The number of halogens is 1. The first-order valence-corrected chi connectivity index (χ1v) is 7.85. The van der Waals surface area contributed by atoms with Crippen LogP contribution in [0, 0.1) is 0 Å². The molecule has 2 amide bonds. The van der Waals surface area contributed by atoms with E-state index in [-0.39, 0.29) is 10.8 Å². The zero-order valence-electron chi connectivity index (χ0n) is 10.5. The van der Waals surface area contributed by atoms with E-state index < -0.39 is 22.5 Å². The standard InChI is InChI=1S/C12H13ClN2O4S/c13-9-3-5-10(6-4-9)20(18,19)14-8-12(17)15-7-1-2-11(15)16/h3-6,14H,1-2,7-8H2. The van der Waals surface area contributed by atoms with E-state index in [1.165, 1.54) is 24.3 Å². The van der Waals surface area contributed by atoms with Crippen LogP contribution >= 0.6 is 11.6 Å². The maximum absolute atomic E-state index is 11.9. The smallest absolute Gasteiger partial charge is 0.244 e.